The Hall–Kier alpha value is -0.400. The van der Waals surface area contributed by atoms with Crippen molar-refractivity contribution in [3.63, 3.8) is 0 Å². The monoisotopic (exact) mass is 422 g/mol. The van der Waals surface area contributed by atoms with Crippen LogP contribution in [-0.4, -0.2) is 15.0 Å². The Kier molecular flexibility index (Phi) is 3.89. The van der Waals surface area contributed by atoms with Crippen LogP contribution in [0.3, 0.4) is 0 Å². The molecule has 1 heterocycles. The molecule has 0 radical (unpaired) electrons. The van der Waals surface area contributed by atoms with Gasteiger partial charge in [0.25, 0.3) is 0 Å². The summed E-state index contributed by atoms with van der Waals surface area (Å²) in [6.07, 6.45) is 0.772. The van der Waals surface area contributed by atoms with Crippen molar-refractivity contribution >= 4 is 53.6 Å². The number of anilines is 1. The van der Waals surface area contributed by atoms with Crippen LogP contribution < -0.4 is 5.73 Å². The van der Waals surface area contributed by atoms with Gasteiger partial charge in [-0.3, -0.25) is 0 Å². The van der Waals surface area contributed by atoms with E-state index in [-0.39, 0.29) is 0 Å². The third-order valence-electron chi connectivity index (χ3n) is 2.32. The lowest BCUT2D eigenvalue weighted by molar-refractivity contribution is 0.761. The van der Waals surface area contributed by atoms with E-state index in [0.29, 0.717) is 5.82 Å². The molecule has 0 bridgehead atoms. The van der Waals surface area contributed by atoms with Gasteiger partial charge in [-0.1, -0.05) is 28.1 Å². The largest absolute Gasteiger partial charge is 0.381 e. The Morgan fingerprint density at radius 1 is 1.24 bits per heavy atom. The van der Waals surface area contributed by atoms with Crippen molar-refractivity contribution in [3.05, 3.63) is 31.2 Å². The van der Waals surface area contributed by atoms with Crippen LogP contribution in [0.2, 0.25) is 0 Å². The van der Waals surface area contributed by atoms with Crippen molar-refractivity contribution < 1.29 is 0 Å². The summed E-state index contributed by atoms with van der Waals surface area (Å²) in [6.45, 7) is 2.02. The van der Waals surface area contributed by atoms with Crippen LogP contribution in [0.15, 0.2) is 25.6 Å². The van der Waals surface area contributed by atoms with E-state index in [4.69, 9.17) is 5.73 Å². The second-order valence-corrected chi connectivity index (χ2v) is 6.03. The molecule has 0 aliphatic rings. The van der Waals surface area contributed by atoms with Crippen molar-refractivity contribution in [2.75, 3.05) is 5.73 Å². The minimum Gasteiger partial charge on any atom is -0.381 e. The van der Waals surface area contributed by atoms with E-state index < -0.39 is 0 Å². The molecule has 2 rings (SSSR count). The normalized spacial score (nSPS) is 10.8. The zero-order valence-electron chi connectivity index (χ0n) is 8.91. The zero-order chi connectivity index (χ0) is 12.6. The first-order chi connectivity index (χ1) is 8.04. The van der Waals surface area contributed by atoms with E-state index in [2.05, 4.69) is 58.1 Å². The van der Waals surface area contributed by atoms with Gasteiger partial charge in [0.15, 0.2) is 5.82 Å². The number of hydrogen-bond donors (Lipinski definition) is 1. The third kappa shape index (κ3) is 2.41. The van der Waals surface area contributed by atoms with Gasteiger partial charge >= 0.3 is 0 Å². The van der Waals surface area contributed by atoms with Crippen molar-refractivity contribution in [1.29, 1.82) is 0 Å². The number of nitrogens with two attached hydrogens (primary N) is 1. The highest BCUT2D eigenvalue weighted by Gasteiger charge is 2.15. The predicted octanol–water partition coefficient (Wildman–Crippen LogP) is 3.70. The molecule has 17 heavy (non-hydrogen) atoms. The molecule has 0 atom stereocenters. The van der Waals surface area contributed by atoms with Gasteiger partial charge in [-0.2, -0.15) is 0 Å². The van der Waals surface area contributed by atoms with Crippen molar-refractivity contribution in [2.45, 2.75) is 13.3 Å². The molecule has 7 heteroatoms. The Morgan fingerprint density at radius 3 is 2.35 bits per heavy atom. The highest BCUT2D eigenvalue weighted by molar-refractivity contribution is 9.11. The van der Waals surface area contributed by atoms with Gasteiger partial charge in [0.2, 0.25) is 0 Å². The first-order valence-corrected chi connectivity index (χ1v) is 7.27. The lowest BCUT2D eigenvalue weighted by Gasteiger charge is -2.10. The first-order valence-electron chi connectivity index (χ1n) is 4.89. The van der Waals surface area contributed by atoms with Crippen molar-refractivity contribution in [2.24, 2.45) is 0 Å². The molecular formula is C10H9Br3N4. The second-order valence-electron chi connectivity index (χ2n) is 3.40. The van der Waals surface area contributed by atoms with Crippen molar-refractivity contribution in [1.82, 2.24) is 15.0 Å². The molecule has 2 N–H and O–H groups in total. The summed E-state index contributed by atoms with van der Waals surface area (Å²) >= 11 is 10.5. The molecule has 1 aromatic heterocycles. The van der Waals surface area contributed by atoms with Gasteiger partial charge in [-0.25, -0.2) is 4.68 Å². The highest BCUT2D eigenvalue weighted by Crippen LogP contribution is 2.33. The number of rotatable bonds is 2. The Labute approximate surface area is 124 Å². The number of aromatic nitrogens is 3. The fourth-order valence-corrected chi connectivity index (χ4v) is 4.16. The molecule has 1 aromatic carbocycles. The van der Waals surface area contributed by atoms with Gasteiger partial charge in [0.1, 0.15) is 0 Å². The molecule has 0 saturated heterocycles. The quantitative estimate of drug-likeness (QED) is 0.799. The van der Waals surface area contributed by atoms with Crippen LogP contribution in [0.4, 0.5) is 5.82 Å². The molecule has 90 valence electrons. The van der Waals surface area contributed by atoms with E-state index in [9.17, 15) is 0 Å². The van der Waals surface area contributed by atoms with Crippen molar-refractivity contribution in [3.8, 4) is 5.69 Å². The molecule has 0 aliphatic carbocycles. The van der Waals surface area contributed by atoms with E-state index in [1.54, 1.807) is 4.68 Å². The Morgan fingerprint density at radius 2 is 1.82 bits per heavy atom. The lowest BCUT2D eigenvalue weighted by atomic mass is 10.3. The minimum atomic E-state index is 0.467. The topological polar surface area (TPSA) is 56.7 Å². The molecule has 2 aromatic rings. The SMILES string of the molecule is CCc1c(N)nnn1-c1c(Br)cc(Br)cc1Br. The maximum atomic E-state index is 5.78. The summed E-state index contributed by atoms with van der Waals surface area (Å²) in [5.74, 6) is 0.467. The molecule has 0 spiro atoms. The number of hydrogen-bond acceptors (Lipinski definition) is 3. The number of benzene rings is 1. The number of nitrogens with zero attached hydrogens (tertiary/aromatic N) is 3. The standard InChI is InChI=1S/C10H9Br3N4/c1-2-8-10(14)15-16-17(8)9-6(12)3-5(11)4-7(9)13/h3-4H,2,14H2,1H3. The fourth-order valence-electron chi connectivity index (χ4n) is 1.56. The van der Waals surface area contributed by atoms with Gasteiger partial charge in [0.05, 0.1) is 11.4 Å². The maximum Gasteiger partial charge on any atom is 0.169 e. The van der Waals surface area contributed by atoms with Crippen LogP contribution >= 0.6 is 47.8 Å². The summed E-state index contributed by atoms with van der Waals surface area (Å²) < 4.78 is 4.55. The second kappa shape index (κ2) is 5.07. The van der Waals surface area contributed by atoms with E-state index >= 15 is 0 Å². The maximum absolute atomic E-state index is 5.78. The molecular weight excluding hydrogens is 416 g/mol. The molecule has 0 amide bonds. The first kappa shape index (κ1) is 13.0. The van der Waals surface area contributed by atoms with E-state index in [1.165, 1.54) is 0 Å². The van der Waals surface area contributed by atoms with Crippen LogP contribution in [0.1, 0.15) is 12.6 Å². The van der Waals surface area contributed by atoms with E-state index in [1.807, 2.05) is 19.1 Å². The summed E-state index contributed by atoms with van der Waals surface area (Å²) in [6, 6.07) is 3.91. The van der Waals surface area contributed by atoms with Gasteiger partial charge in [0, 0.05) is 13.4 Å². The Bertz CT molecular complexity index is 542. The summed E-state index contributed by atoms with van der Waals surface area (Å²) in [5, 5.41) is 7.98. The van der Waals surface area contributed by atoms with Gasteiger partial charge < -0.3 is 5.73 Å². The molecule has 4 nitrogen and oxygen atoms in total. The predicted molar refractivity (Wildman–Crippen MR) is 78.2 cm³/mol. The molecule has 0 unspecified atom stereocenters. The highest BCUT2D eigenvalue weighted by atomic mass is 79.9. The summed E-state index contributed by atoms with van der Waals surface area (Å²) in [4.78, 5) is 0. The average molecular weight is 425 g/mol. The fraction of sp³-hybridized carbons (Fsp3) is 0.200. The molecule has 0 fully saturated rings. The molecule has 0 aliphatic heterocycles. The smallest absolute Gasteiger partial charge is 0.169 e. The van der Waals surface area contributed by atoms with Crippen LogP contribution in [-0.2, 0) is 6.42 Å². The van der Waals surface area contributed by atoms with Crippen LogP contribution in [0.25, 0.3) is 5.69 Å². The average Bonchev–Trinajstić information content (AvgIpc) is 2.58. The zero-order valence-corrected chi connectivity index (χ0v) is 13.7. The van der Waals surface area contributed by atoms with Crippen LogP contribution in [0, 0.1) is 0 Å². The summed E-state index contributed by atoms with van der Waals surface area (Å²) in [7, 11) is 0. The molecule has 0 saturated carbocycles. The van der Waals surface area contributed by atoms with Gasteiger partial charge in [-0.05, 0) is 50.4 Å². The number of nitrogen functional groups attached to an aromatic ring is 1. The number of halogens is 3. The third-order valence-corrected chi connectivity index (χ3v) is 3.99. The summed E-state index contributed by atoms with van der Waals surface area (Å²) in [5.41, 5.74) is 7.58. The lowest BCUT2D eigenvalue weighted by Crippen LogP contribution is -2.04. The van der Waals surface area contributed by atoms with E-state index in [0.717, 1.165) is 31.2 Å². The minimum absolute atomic E-state index is 0.467. The Balaban J connectivity index is 2.68. The van der Waals surface area contributed by atoms with Crippen LogP contribution in [0.5, 0.6) is 0 Å². The van der Waals surface area contributed by atoms with Gasteiger partial charge in [-0.15, -0.1) is 5.10 Å².